The van der Waals surface area contributed by atoms with Crippen LogP contribution in [0.1, 0.15) is 54.5 Å². The first kappa shape index (κ1) is 30.9. The Balaban J connectivity index is 1.68. The topological polar surface area (TPSA) is 136 Å². The number of hydrogen-bond donors (Lipinski definition) is 1. The molecule has 0 aliphatic carbocycles. The van der Waals surface area contributed by atoms with Crippen molar-refractivity contribution in [3.63, 3.8) is 0 Å². The molecule has 12 heteroatoms. The van der Waals surface area contributed by atoms with Crippen LogP contribution in [0.3, 0.4) is 0 Å². The van der Waals surface area contributed by atoms with Gasteiger partial charge < -0.3 is 14.4 Å². The molecule has 0 unspecified atom stereocenters. The van der Waals surface area contributed by atoms with Crippen LogP contribution in [0.15, 0.2) is 65.7 Å². The predicted octanol–water partition coefficient (Wildman–Crippen LogP) is 5.20. The average Bonchev–Trinajstić information content (AvgIpc) is 2.97. The van der Waals surface area contributed by atoms with Crippen molar-refractivity contribution < 1.29 is 22.7 Å². The molecule has 4 aromatic rings. The smallest absolute Gasteiger partial charge is 0.264 e. The molecule has 5 rings (SSSR count). The van der Waals surface area contributed by atoms with E-state index in [2.05, 4.69) is 45.4 Å². The quantitative estimate of drug-likeness (QED) is 0.321. The number of nitrogens with one attached hydrogen (secondary N) is 1. The lowest BCUT2D eigenvalue weighted by Crippen LogP contribution is -2.45. The zero-order valence-corrected chi connectivity index (χ0v) is 26.5. The molecule has 1 N–H and O–H groups in total. The molecule has 1 aliphatic rings. The molecule has 0 fully saturated rings. The zero-order chi connectivity index (χ0) is 31.6. The van der Waals surface area contributed by atoms with E-state index in [-0.39, 0.29) is 46.8 Å². The summed E-state index contributed by atoms with van der Waals surface area (Å²) >= 11 is 0. The second kappa shape index (κ2) is 12.2. The summed E-state index contributed by atoms with van der Waals surface area (Å²) in [5.74, 6) is 0.381. The molecule has 44 heavy (non-hydrogen) atoms. The third kappa shape index (κ3) is 6.96. The van der Waals surface area contributed by atoms with Gasteiger partial charge in [-0.3, -0.25) is 4.79 Å². The second-order valence-corrected chi connectivity index (χ2v) is 13.7. The maximum absolute atomic E-state index is 14.2. The highest BCUT2D eigenvalue weighted by molar-refractivity contribution is 7.92. The van der Waals surface area contributed by atoms with Crippen LogP contribution in [0.5, 0.6) is 11.8 Å². The third-order valence-electron chi connectivity index (χ3n) is 7.23. The highest BCUT2D eigenvalue weighted by Gasteiger charge is 2.32. The third-order valence-corrected chi connectivity index (χ3v) is 8.56. The van der Waals surface area contributed by atoms with Crippen LogP contribution in [0, 0.1) is 19.3 Å². The number of aromatic nitrogens is 4. The van der Waals surface area contributed by atoms with Crippen LogP contribution < -0.4 is 14.2 Å². The minimum Gasteiger partial charge on any atom is -0.481 e. The van der Waals surface area contributed by atoms with Gasteiger partial charge in [-0.1, -0.05) is 45.0 Å². The van der Waals surface area contributed by atoms with E-state index in [4.69, 9.17) is 9.47 Å². The number of ether oxygens (including phenoxy) is 2. The lowest BCUT2D eigenvalue weighted by atomic mass is 9.87. The summed E-state index contributed by atoms with van der Waals surface area (Å²) in [7, 11) is -2.66. The number of hydrogen-bond acceptors (Lipinski definition) is 9. The lowest BCUT2D eigenvalue weighted by Gasteiger charge is -2.35. The molecule has 0 saturated carbocycles. The molecule has 0 radical (unpaired) electrons. The van der Waals surface area contributed by atoms with E-state index >= 15 is 0 Å². The maximum atomic E-state index is 14.2. The zero-order valence-electron chi connectivity index (χ0n) is 25.7. The summed E-state index contributed by atoms with van der Waals surface area (Å²) in [6.07, 6.45) is 2.12. The van der Waals surface area contributed by atoms with Crippen molar-refractivity contribution >= 4 is 21.9 Å². The number of sulfonamides is 1. The Morgan fingerprint density at radius 2 is 1.75 bits per heavy atom. The van der Waals surface area contributed by atoms with Gasteiger partial charge in [-0.25, -0.2) is 23.1 Å². The number of fused-ring (bicyclic) bond motifs is 4. The molecule has 11 nitrogen and oxygen atoms in total. The maximum Gasteiger partial charge on any atom is 0.264 e. The van der Waals surface area contributed by atoms with Gasteiger partial charge in [0.05, 0.1) is 30.3 Å². The van der Waals surface area contributed by atoms with Gasteiger partial charge >= 0.3 is 0 Å². The first-order valence-corrected chi connectivity index (χ1v) is 15.7. The minimum absolute atomic E-state index is 0.0397. The summed E-state index contributed by atoms with van der Waals surface area (Å²) in [5, 5.41) is 0. The van der Waals surface area contributed by atoms with Crippen LogP contribution in [-0.4, -0.2) is 58.9 Å². The van der Waals surface area contributed by atoms with Crippen molar-refractivity contribution in [2.75, 3.05) is 18.4 Å². The van der Waals surface area contributed by atoms with Gasteiger partial charge in [0.25, 0.3) is 15.9 Å². The Morgan fingerprint density at radius 3 is 2.45 bits per heavy atom. The molecule has 230 valence electrons. The molecule has 1 amide bonds. The Hall–Kier alpha value is -4.58. The first-order valence-electron chi connectivity index (χ1n) is 14.2. The summed E-state index contributed by atoms with van der Waals surface area (Å²) in [6, 6.07) is 14.6. The Morgan fingerprint density at radius 1 is 1.02 bits per heavy atom. The summed E-state index contributed by atoms with van der Waals surface area (Å²) in [5.41, 5.74) is 3.28. The molecule has 2 aromatic heterocycles. The number of methoxy groups -OCH3 is 1. The van der Waals surface area contributed by atoms with E-state index in [1.807, 2.05) is 32.0 Å². The van der Waals surface area contributed by atoms with Crippen LogP contribution >= 0.6 is 0 Å². The van der Waals surface area contributed by atoms with Crippen molar-refractivity contribution in [2.45, 2.75) is 58.5 Å². The van der Waals surface area contributed by atoms with Gasteiger partial charge in [0.15, 0.2) is 5.82 Å². The fourth-order valence-corrected chi connectivity index (χ4v) is 6.26. The fourth-order valence-electron chi connectivity index (χ4n) is 5.27. The molecule has 1 atom stereocenters. The van der Waals surface area contributed by atoms with E-state index in [1.165, 1.54) is 25.3 Å². The molecular formula is C32H36N6O5S. The summed E-state index contributed by atoms with van der Waals surface area (Å²) < 4.78 is 41.2. The first-order chi connectivity index (χ1) is 20.8. The highest BCUT2D eigenvalue weighted by Crippen LogP contribution is 2.31. The fraction of sp³-hybridized carbons (Fsp3) is 0.344. The minimum atomic E-state index is -4.17. The summed E-state index contributed by atoms with van der Waals surface area (Å²) in [4.78, 5) is 33.6. The second-order valence-electron chi connectivity index (χ2n) is 12.0. The van der Waals surface area contributed by atoms with Gasteiger partial charge in [-0.2, -0.15) is 9.97 Å². The molecule has 0 spiro atoms. The molecule has 1 aliphatic heterocycles. The standard InChI is InChI=1S/C32H36N6O5S/c1-20-9-7-10-21(2)29(20)25-16-28-36-31(34-25)37-44(40,41)24-12-8-11-22(15-24)30(39)38(23(19-43-28)17-32(3,4)5)18-26-33-14-13-27(35-26)42-6/h7-16,23H,17-19H2,1-6H3,(H,34,36,37)/t23-/m1/s1. The summed E-state index contributed by atoms with van der Waals surface area (Å²) in [6.45, 7) is 10.3. The molecule has 4 bridgehead atoms. The molecule has 0 saturated heterocycles. The number of anilines is 1. The van der Waals surface area contributed by atoms with Crippen molar-refractivity contribution in [3.05, 3.63) is 83.3 Å². The van der Waals surface area contributed by atoms with Crippen LogP contribution in [0.4, 0.5) is 5.95 Å². The Labute approximate surface area is 257 Å². The molecular weight excluding hydrogens is 580 g/mol. The molecule has 2 aromatic carbocycles. The van der Waals surface area contributed by atoms with E-state index < -0.39 is 16.1 Å². The van der Waals surface area contributed by atoms with Crippen molar-refractivity contribution in [1.82, 2.24) is 24.8 Å². The van der Waals surface area contributed by atoms with Gasteiger partial charge in [0.1, 0.15) is 6.61 Å². The van der Waals surface area contributed by atoms with Gasteiger partial charge in [0.2, 0.25) is 17.7 Å². The van der Waals surface area contributed by atoms with E-state index in [0.717, 1.165) is 16.7 Å². The van der Waals surface area contributed by atoms with E-state index in [0.29, 0.717) is 23.8 Å². The predicted molar refractivity (Wildman–Crippen MR) is 166 cm³/mol. The number of nitrogens with zero attached hydrogens (tertiary/aromatic N) is 5. The average molecular weight is 617 g/mol. The largest absolute Gasteiger partial charge is 0.481 e. The number of carbonyl (C=O) groups excluding carboxylic acids is 1. The van der Waals surface area contributed by atoms with E-state index in [1.54, 1.807) is 29.3 Å². The highest BCUT2D eigenvalue weighted by atomic mass is 32.2. The number of rotatable bonds is 5. The van der Waals surface area contributed by atoms with Gasteiger partial charge in [-0.05, 0) is 55.0 Å². The number of aryl methyl sites for hydroxylation is 2. The van der Waals surface area contributed by atoms with E-state index in [9.17, 15) is 13.2 Å². The van der Waals surface area contributed by atoms with Crippen molar-refractivity contribution in [1.29, 1.82) is 0 Å². The van der Waals surface area contributed by atoms with Crippen molar-refractivity contribution in [2.24, 2.45) is 5.41 Å². The van der Waals surface area contributed by atoms with Crippen molar-refractivity contribution in [3.8, 4) is 23.0 Å². The monoisotopic (exact) mass is 616 g/mol. The number of benzene rings is 2. The lowest BCUT2D eigenvalue weighted by molar-refractivity contribution is 0.0504. The van der Waals surface area contributed by atoms with Gasteiger partial charge in [-0.15, -0.1) is 0 Å². The van der Waals surface area contributed by atoms with Crippen LogP contribution in [-0.2, 0) is 16.6 Å². The number of carbonyl (C=O) groups is 1. The van der Waals surface area contributed by atoms with Crippen LogP contribution in [0.2, 0.25) is 0 Å². The van der Waals surface area contributed by atoms with Gasteiger partial charge in [0, 0.05) is 29.5 Å². The molecule has 3 heterocycles. The normalized spacial score (nSPS) is 16.5. The SMILES string of the molecule is COc1ccnc(CN2C(=O)c3cccc(c3)S(=O)(=O)Nc3nc(cc(-c4c(C)cccc4C)n3)OC[C@H]2CC(C)(C)C)n1. The van der Waals surface area contributed by atoms with Crippen LogP contribution in [0.25, 0.3) is 11.3 Å². The Bertz CT molecular complexity index is 1790. The Kier molecular flexibility index (Phi) is 8.55. The number of amides is 1.